The molecule has 2 aromatic heterocycles. The lowest BCUT2D eigenvalue weighted by Gasteiger charge is -2.07. The first-order chi connectivity index (χ1) is 12.2. The van der Waals surface area contributed by atoms with Crippen LogP contribution in [0.15, 0.2) is 65.1 Å². The number of nitrogens with one attached hydrogen (secondary N) is 1. The van der Waals surface area contributed by atoms with E-state index in [-0.39, 0.29) is 11.3 Å². The smallest absolute Gasteiger partial charge is 0.222 e. The fraction of sp³-hybridized carbons (Fsp3) is 0. The Morgan fingerprint density at radius 1 is 0.920 bits per heavy atom. The fourth-order valence-electron chi connectivity index (χ4n) is 3.11. The van der Waals surface area contributed by atoms with E-state index in [1.54, 1.807) is 17.4 Å². The summed E-state index contributed by atoms with van der Waals surface area (Å²) in [5.74, 6) is 0.152. The van der Waals surface area contributed by atoms with E-state index in [0.29, 0.717) is 11.1 Å². The average Bonchev–Trinajstić information content (AvgIpc) is 3.05. The van der Waals surface area contributed by atoms with Crippen molar-refractivity contribution in [3.05, 3.63) is 66.2 Å². The maximum atomic E-state index is 10.2. The van der Waals surface area contributed by atoms with E-state index in [2.05, 4.69) is 4.98 Å². The first-order valence-corrected chi connectivity index (χ1v) is 8.61. The van der Waals surface area contributed by atoms with Crippen LogP contribution in [0.2, 0.25) is 0 Å². The third-order valence-electron chi connectivity index (χ3n) is 4.30. The van der Waals surface area contributed by atoms with Crippen molar-refractivity contribution in [3.8, 4) is 16.3 Å². The second-order valence-corrected chi connectivity index (χ2v) is 6.86. The van der Waals surface area contributed by atoms with Gasteiger partial charge in [0, 0.05) is 16.8 Å². The Balaban J connectivity index is 1.87. The molecule has 5 rings (SSSR count). The number of aromatic hydroxyl groups is 1. The molecule has 0 aliphatic rings. The summed E-state index contributed by atoms with van der Waals surface area (Å²) < 4.78 is 6.78. The molecule has 120 valence electrons. The van der Waals surface area contributed by atoms with Crippen LogP contribution < -0.4 is 5.55 Å². The Bertz CT molecular complexity index is 1300. The van der Waals surface area contributed by atoms with Crippen LogP contribution in [0.25, 0.3) is 42.5 Å². The Labute approximate surface area is 146 Å². The molecule has 2 N–H and O–H groups in total. The van der Waals surface area contributed by atoms with Crippen molar-refractivity contribution in [2.24, 2.45) is 0 Å². The number of hydrogen-bond acceptors (Lipinski definition) is 5. The Morgan fingerprint density at radius 3 is 2.52 bits per heavy atom. The number of aromatic nitrogens is 1. The van der Waals surface area contributed by atoms with Gasteiger partial charge in [-0.25, -0.2) is 4.98 Å². The van der Waals surface area contributed by atoms with E-state index in [1.165, 1.54) is 0 Å². The molecule has 0 saturated carbocycles. The van der Waals surface area contributed by atoms with Crippen LogP contribution in [0.4, 0.5) is 0 Å². The van der Waals surface area contributed by atoms with E-state index in [9.17, 15) is 5.11 Å². The van der Waals surface area contributed by atoms with Crippen LogP contribution in [0.3, 0.4) is 0 Å². The number of rotatable bonds is 1. The summed E-state index contributed by atoms with van der Waals surface area (Å²) in [6.45, 7) is 0. The van der Waals surface area contributed by atoms with E-state index >= 15 is 0 Å². The lowest BCUT2D eigenvalue weighted by molar-refractivity contribution is 0.478. The quantitative estimate of drug-likeness (QED) is 0.418. The van der Waals surface area contributed by atoms with Crippen molar-refractivity contribution in [1.82, 2.24) is 4.98 Å². The molecule has 2 heterocycles. The van der Waals surface area contributed by atoms with Crippen LogP contribution >= 0.6 is 11.3 Å². The standard InChI is InChI=1S/C20H12N2O2S/c21-19-14(20-22-15-7-3-4-8-18(15)25-20)9-13-11-5-1-2-6-12(11)16(23)10-17(13)24-19/h1-10,21,23H. The number of nitrogens with zero attached hydrogens (tertiary/aromatic N) is 1. The molecule has 0 radical (unpaired) electrons. The lowest BCUT2D eigenvalue weighted by Crippen LogP contribution is -2.02. The maximum Gasteiger partial charge on any atom is 0.222 e. The van der Waals surface area contributed by atoms with Gasteiger partial charge in [0.25, 0.3) is 0 Å². The molecule has 0 fully saturated rings. The topological polar surface area (TPSA) is 70.1 Å². The monoisotopic (exact) mass is 344 g/mol. The molecule has 3 aromatic carbocycles. The fourth-order valence-corrected chi connectivity index (χ4v) is 4.09. The minimum Gasteiger partial charge on any atom is -0.507 e. The molecular weight excluding hydrogens is 332 g/mol. The zero-order chi connectivity index (χ0) is 17.0. The number of benzene rings is 3. The van der Waals surface area contributed by atoms with Crippen molar-refractivity contribution in [2.45, 2.75) is 0 Å². The molecule has 0 unspecified atom stereocenters. The number of phenols is 1. The maximum absolute atomic E-state index is 10.2. The van der Waals surface area contributed by atoms with Gasteiger partial charge in [0.15, 0.2) is 0 Å². The van der Waals surface area contributed by atoms with Gasteiger partial charge in [-0.1, -0.05) is 36.4 Å². The molecule has 5 heteroatoms. The summed E-state index contributed by atoms with van der Waals surface area (Å²) in [6, 6.07) is 19.0. The Hall–Kier alpha value is -3.18. The molecule has 25 heavy (non-hydrogen) atoms. The zero-order valence-electron chi connectivity index (χ0n) is 13.0. The van der Waals surface area contributed by atoms with Crippen molar-refractivity contribution in [3.63, 3.8) is 0 Å². The summed E-state index contributed by atoms with van der Waals surface area (Å²) in [5.41, 5.74) is 2.11. The number of fused-ring (bicyclic) bond motifs is 4. The molecule has 0 spiro atoms. The highest BCUT2D eigenvalue weighted by Gasteiger charge is 2.13. The number of phenolic OH excluding ortho intramolecular Hbond substituents is 1. The minimum absolute atomic E-state index is 0.0428. The van der Waals surface area contributed by atoms with Gasteiger partial charge in [-0.3, -0.25) is 5.41 Å². The van der Waals surface area contributed by atoms with Gasteiger partial charge in [-0.2, -0.15) is 0 Å². The summed E-state index contributed by atoms with van der Waals surface area (Å²) in [4.78, 5) is 4.64. The van der Waals surface area contributed by atoms with Gasteiger partial charge in [0.2, 0.25) is 5.55 Å². The van der Waals surface area contributed by atoms with Crippen molar-refractivity contribution in [2.75, 3.05) is 0 Å². The number of para-hydroxylation sites is 1. The second kappa shape index (κ2) is 5.16. The first-order valence-electron chi connectivity index (χ1n) is 7.80. The van der Waals surface area contributed by atoms with Crippen molar-refractivity contribution >= 4 is 43.3 Å². The Kier molecular flexibility index (Phi) is 2.93. The highest BCUT2D eigenvalue weighted by Crippen LogP contribution is 2.35. The van der Waals surface area contributed by atoms with E-state index in [0.717, 1.165) is 31.4 Å². The molecule has 0 bridgehead atoms. The highest BCUT2D eigenvalue weighted by atomic mass is 32.1. The summed E-state index contributed by atoms with van der Waals surface area (Å²) in [5, 5.41) is 21.7. The summed E-state index contributed by atoms with van der Waals surface area (Å²) in [6.07, 6.45) is 0. The predicted octanol–water partition coefficient (Wildman–Crippen LogP) is 5.05. The summed E-state index contributed by atoms with van der Waals surface area (Å²) >= 11 is 1.54. The van der Waals surface area contributed by atoms with E-state index in [1.807, 2.05) is 54.6 Å². The largest absolute Gasteiger partial charge is 0.507 e. The third-order valence-corrected chi connectivity index (χ3v) is 5.37. The molecule has 0 aliphatic carbocycles. The second-order valence-electron chi connectivity index (χ2n) is 5.83. The molecule has 0 saturated heterocycles. The van der Waals surface area contributed by atoms with Gasteiger partial charge < -0.3 is 9.52 Å². The van der Waals surface area contributed by atoms with Crippen molar-refractivity contribution < 1.29 is 9.52 Å². The lowest BCUT2D eigenvalue weighted by atomic mass is 10.0. The SMILES string of the molecule is N=c1oc2cc(O)c3ccccc3c2cc1-c1nc2ccccc2s1. The molecule has 0 amide bonds. The molecular formula is C20H12N2O2S. The third kappa shape index (κ3) is 2.13. The molecule has 0 aliphatic heterocycles. The Morgan fingerprint density at radius 2 is 1.68 bits per heavy atom. The van der Waals surface area contributed by atoms with Crippen molar-refractivity contribution in [1.29, 1.82) is 5.41 Å². The van der Waals surface area contributed by atoms with Crippen LogP contribution in [-0.2, 0) is 0 Å². The molecule has 0 atom stereocenters. The normalized spacial score (nSPS) is 11.5. The zero-order valence-corrected chi connectivity index (χ0v) is 13.8. The molecule has 4 nitrogen and oxygen atoms in total. The van der Waals surface area contributed by atoms with Gasteiger partial charge in [0.1, 0.15) is 16.3 Å². The number of thiazole rings is 1. The van der Waals surface area contributed by atoms with Crippen LogP contribution in [0.5, 0.6) is 5.75 Å². The van der Waals surface area contributed by atoms with Gasteiger partial charge >= 0.3 is 0 Å². The highest BCUT2D eigenvalue weighted by molar-refractivity contribution is 7.21. The number of hydrogen-bond donors (Lipinski definition) is 2. The first kappa shape index (κ1) is 14.2. The van der Waals surface area contributed by atoms with Crippen LogP contribution in [-0.4, -0.2) is 10.1 Å². The average molecular weight is 344 g/mol. The van der Waals surface area contributed by atoms with Crippen LogP contribution in [0, 0.1) is 5.41 Å². The van der Waals surface area contributed by atoms with Gasteiger partial charge in [-0.15, -0.1) is 11.3 Å². The summed E-state index contributed by atoms with van der Waals surface area (Å²) in [7, 11) is 0. The van der Waals surface area contributed by atoms with E-state index in [4.69, 9.17) is 9.83 Å². The van der Waals surface area contributed by atoms with Gasteiger partial charge in [0.05, 0.1) is 15.8 Å². The minimum atomic E-state index is 0.0428. The molecule has 5 aromatic rings. The predicted molar refractivity (Wildman–Crippen MR) is 99.9 cm³/mol. The van der Waals surface area contributed by atoms with E-state index < -0.39 is 0 Å². The van der Waals surface area contributed by atoms with Crippen LogP contribution in [0.1, 0.15) is 0 Å². The van der Waals surface area contributed by atoms with Gasteiger partial charge in [-0.05, 0) is 23.6 Å².